The number of aliphatic hydroxyl groups excluding tert-OH is 1. The number of hydrogen-bond donors (Lipinski definition) is 3. The second kappa shape index (κ2) is 65.0. The highest BCUT2D eigenvalue weighted by Gasteiger charge is 2.30. The molecular formula is C73H142O17P2. The van der Waals surface area contributed by atoms with Crippen LogP contribution in [-0.4, -0.2) is 96.7 Å². The summed E-state index contributed by atoms with van der Waals surface area (Å²) >= 11 is 0. The van der Waals surface area contributed by atoms with Gasteiger partial charge in [-0.15, -0.1) is 0 Å². The molecule has 0 bridgehead atoms. The van der Waals surface area contributed by atoms with E-state index in [1.165, 1.54) is 186 Å². The van der Waals surface area contributed by atoms with Crippen LogP contribution in [0.5, 0.6) is 0 Å². The van der Waals surface area contributed by atoms with Gasteiger partial charge in [0.2, 0.25) is 0 Å². The molecule has 0 rings (SSSR count). The van der Waals surface area contributed by atoms with Crippen molar-refractivity contribution < 1.29 is 80.2 Å². The van der Waals surface area contributed by atoms with E-state index >= 15 is 0 Å². The zero-order chi connectivity index (χ0) is 67.9. The fourth-order valence-electron chi connectivity index (χ4n) is 11.1. The summed E-state index contributed by atoms with van der Waals surface area (Å²) in [6.07, 6.45) is 51.3. The van der Waals surface area contributed by atoms with Crippen molar-refractivity contribution in [3.63, 3.8) is 0 Å². The fourth-order valence-corrected chi connectivity index (χ4v) is 12.6. The van der Waals surface area contributed by atoms with Gasteiger partial charge in [0.1, 0.15) is 19.3 Å². The van der Waals surface area contributed by atoms with E-state index < -0.39 is 97.5 Å². The van der Waals surface area contributed by atoms with Crippen LogP contribution in [0.3, 0.4) is 0 Å². The zero-order valence-electron chi connectivity index (χ0n) is 59.9. The first-order chi connectivity index (χ1) is 44.4. The van der Waals surface area contributed by atoms with Crippen LogP contribution >= 0.6 is 15.6 Å². The number of ether oxygens (including phenoxy) is 4. The first kappa shape index (κ1) is 90.1. The van der Waals surface area contributed by atoms with E-state index in [4.69, 9.17) is 37.0 Å². The summed E-state index contributed by atoms with van der Waals surface area (Å²) in [7, 11) is -9.90. The first-order valence-corrected chi connectivity index (χ1v) is 41.1. The minimum atomic E-state index is -4.95. The molecular weight excluding hydrogens is 1210 g/mol. The molecule has 0 fully saturated rings. The third-order valence-electron chi connectivity index (χ3n) is 17.7. The maximum absolute atomic E-state index is 13.1. The smallest absolute Gasteiger partial charge is 0.462 e. The number of phosphoric acid groups is 2. The molecule has 92 heavy (non-hydrogen) atoms. The Hall–Kier alpha value is -1.94. The van der Waals surface area contributed by atoms with Crippen LogP contribution in [0.2, 0.25) is 0 Å². The molecule has 0 heterocycles. The molecule has 3 N–H and O–H groups in total. The monoisotopic (exact) mass is 1350 g/mol. The Balaban J connectivity index is 5.22. The lowest BCUT2D eigenvalue weighted by Crippen LogP contribution is -2.30. The van der Waals surface area contributed by atoms with Crippen LogP contribution < -0.4 is 0 Å². The number of rotatable bonds is 72. The lowest BCUT2D eigenvalue weighted by molar-refractivity contribution is -0.161. The van der Waals surface area contributed by atoms with Crippen LogP contribution in [0.25, 0.3) is 0 Å². The van der Waals surface area contributed by atoms with Crippen molar-refractivity contribution in [2.45, 2.75) is 394 Å². The van der Waals surface area contributed by atoms with Crippen LogP contribution in [0.15, 0.2) is 0 Å². The Morgan fingerprint density at radius 2 is 0.522 bits per heavy atom. The highest BCUT2D eigenvalue weighted by Crippen LogP contribution is 2.45. The predicted octanol–water partition coefficient (Wildman–Crippen LogP) is 21.2. The Morgan fingerprint density at radius 1 is 0.304 bits per heavy atom. The third kappa shape index (κ3) is 64.1. The van der Waals surface area contributed by atoms with Crippen LogP contribution in [0.4, 0.5) is 0 Å². The average molecular weight is 1350 g/mol. The summed E-state index contributed by atoms with van der Waals surface area (Å²) in [5.74, 6) is -0.544. The third-order valence-corrected chi connectivity index (χ3v) is 19.6. The molecule has 0 saturated carbocycles. The van der Waals surface area contributed by atoms with Gasteiger partial charge in [-0.25, -0.2) is 9.13 Å². The van der Waals surface area contributed by atoms with E-state index in [1.807, 2.05) is 0 Å². The van der Waals surface area contributed by atoms with E-state index in [0.717, 1.165) is 108 Å². The van der Waals surface area contributed by atoms with E-state index in [0.29, 0.717) is 25.7 Å². The Bertz CT molecular complexity index is 1790. The second-order valence-corrected chi connectivity index (χ2v) is 29.7. The Labute approximate surface area is 562 Å². The molecule has 19 heteroatoms. The number of unbranched alkanes of at least 4 members (excludes halogenated alkanes) is 40. The topological polar surface area (TPSA) is 237 Å². The minimum Gasteiger partial charge on any atom is -0.462 e. The molecule has 0 spiro atoms. The number of hydrogen-bond acceptors (Lipinski definition) is 15. The van der Waals surface area contributed by atoms with E-state index in [-0.39, 0.29) is 25.7 Å². The van der Waals surface area contributed by atoms with Crippen LogP contribution in [0.1, 0.15) is 375 Å². The maximum atomic E-state index is 13.1. The van der Waals surface area contributed by atoms with Crippen molar-refractivity contribution in [3.8, 4) is 0 Å². The standard InChI is InChI=1S/C73H142O17P2/c1-7-11-13-15-17-19-20-21-22-23-24-25-26-27-32-39-45-51-57-72(77)89-69(62-84-71(76)56-50-44-38-31-29-28-30-35-41-47-53-65(5)9-3)64-88-92(81,82)86-60-67(74)59-85-91(79,80)87-63-68(61-83-70(75)55-49-43-37-18-16-14-12-8-2)90-73(78)58-52-46-40-34-33-36-42-48-54-66(6)10-4/h65-69,74H,7-64H2,1-6H3,(H,79,80)(H,81,82)/t65?,66?,67-,68+,69+/m0/s1. The van der Waals surface area contributed by atoms with Gasteiger partial charge in [0.05, 0.1) is 26.4 Å². The number of aliphatic hydroxyl groups is 1. The van der Waals surface area contributed by atoms with Crippen LogP contribution in [0, 0.1) is 11.8 Å². The van der Waals surface area contributed by atoms with Crippen LogP contribution in [-0.2, 0) is 65.4 Å². The molecule has 0 aromatic rings. The van der Waals surface area contributed by atoms with Gasteiger partial charge in [0.15, 0.2) is 12.2 Å². The Kier molecular flexibility index (Phi) is 63.7. The highest BCUT2D eigenvalue weighted by molar-refractivity contribution is 7.47. The number of carbonyl (C=O) groups is 4. The molecule has 4 unspecified atom stereocenters. The van der Waals surface area contributed by atoms with Gasteiger partial charge in [-0.05, 0) is 37.5 Å². The van der Waals surface area contributed by atoms with E-state index in [1.54, 1.807) is 0 Å². The van der Waals surface area contributed by atoms with Crippen molar-refractivity contribution in [2.75, 3.05) is 39.6 Å². The van der Waals surface area contributed by atoms with Gasteiger partial charge in [0, 0.05) is 25.7 Å². The number of esters is 4. The number of carbonyl (C=O) groups excluding carboxylic acids is 4. The van der Waals surface area contributed by atoms with Gasteiger partial charge in [-0.1, -0.05) is 324 Å². The van der Waals surface area contributed by atoms with E-state index in [2.05, 4.69) is 41.5 Å². The molecule has 0 aromatic carbocycles. The lowest BCUT2D eigenvalue weighted by Gasteiger charge is -2.21. The SMILES string of the molecule is CCCCCCCCCCCCCCCCCCCCC(=O)O[C@H](COC(=O)CCCCCCCCCCCCC(C)CC)COP(=O)(O)OC[C@@H](O)COP(=O)(O)OC[C@@H](COC(=O)CCCCCCCCCC)OC(=O)CCCCCCCCCCC(C)CC. The van der Waals surface area contributed by atoms with Gasteiger partial charge in [-0.3, -0.25) is 37.3 Å². The molecule has 0 aromatic heterocycles. The van der Waals surface area contributed by atoms with Gasteiger partial charge >= 0.3 is 39.5 Å². The van der Waals surface area contributed by atoms with Gasteiger partial charge in [-0.2, -0.15) is 0 Å². The molecule has 17 nitrogen and oxygen atoms in total. The van der Waals surface area contributed by atoms with E-state index in [9.17, 15) is 43.2 Å². The van der Waals surface area contributed by atoms with Crippen molar-refractivity contribution in [1.82, 2.24) is 0 Å². The molecule has 0 saturated heterocycles. The zero-order valence-corrected chi connectivity index (χ0v) is 61.6. The number of phosphoric ester groups is 2. The Morgan fingerprint density at radius 3 is 0.772 bits per heavy atom. The lowest BCUT2D eigenvalue weighted by atomic mass is 9.99. The van der Waals surface area contributed by atoms with Gasteiger partial charge < -0.3 is 33.8 Å². The highest BCUT2D eigenvalue weighted by atomic mass is 31.2. The molecule has 0 aliphatic heterocycles. The summed E-state index contributed by atoms with van der Waals surface area (Å²) in [6.45, 7) is 9.57. The largest absolute Gasteiger partial charge is 0.472 e. The van der Waals surface area contributed by atoms with Crippen molar-refractivity contribution in [2.24, 2.45) is 11.8 Å². The molecule has 0 radical (unpaired) electrons. The molecule has 0 amide bonds. The second-order valence-electron chi connectivity index (χ2n) is 26.8. The normalized spacial score (nSPS) is 14.7. The van der Waals surface area contributed by atoms with Crippen molar-refractivity contribution in [1.29, 1.82) is 0 Å². The average Bonchev–Trinajstić information content (AvgIpc) is 2.46. The molecule has 0 aliphatic rings. The van der Waals surface area contributed by atoms with Crippen molar-refractivity contribution in [3.05, 3.63) is 0 Å². The molecule has 7 atom stereocenters. The molecule has 0 aliphatic carbocycles. The van der Waals surface area contributed by atoms with Crippen molar-refractivity contribution >= 4 is 39.5 Å². The maximum Gasteiger partial charge on any atom is 0.472 e. The summed E-state index contributed by atoms with van der Waals surface area (Å²) in [5, 5.41) is 10.6. The summed E-state index contributed by atoms with van der Waals surface area (Å²) in [5.41, 5.74) is 0. The molecule has 546 valence electrons. The summed E-state index contributed by atoms with van der Waals surface area (Å²) in [6, 6.07) is 0. The quantitative estimate of drug-likeness (QED) is 0.0222. The van der Waals surface area contributed by atoms with Gasteiger partial charge in [0.25, 0.3) is 0 Å². The minimum absolute atomic E-state index is 0.105. The predicted molar refractivity (Wildman–Crippen MR) is 372 cm³/mol. The fraction of sp³-hybridized carbons (Fsp3) is 0.945. The summed E-state index contributed by atoms with van der Waals surface area (Å²) in [4.78, 5) is 72.6. The summed E-state index contributed by atoms with van der Waals surface area (Å²) < 4.78 is 68.4. The first-order valence-electron chi connectivity index (χ1n) is 38.1.